The Morgan fingerprint density at radius 1 is 0.852 bits per heavy atom. The number of halogens is 1. The van der Waals surface area contributed by atoms with Gasteiger partial charge in [0.1, 0.15) is 5.75 Å². The third kappa shape index (κ3) is 3.44. The van der Waals surface area contributed by atoms with Gasteiger partial charge in [-0.3, -0.25) is 9.69 Å². The van der Waals surface area contributed by atoms with E-state index >= 15 is 0 Å². The van der Waals surface area contributed by atoms with Gasteiger partial charge in [-0.1, -0.05) is 70.5 Å². The van der Waals surface area contributed by atoms with Gasteiger partial charge >= 0.3 is 0 Å². The molecule has 3 nitrogen and oxygen atoms in total. The average molecular weight is 418 g/mol. The van der Waals surface area contributed by atoms with Crippen molar-refractivity contribution in [2.45, 2.75) is 0 Å². The second-order valence-electron chi connectivity index (χ2n) is 6.18. The molecule has 3 aromatic rings. The van der Waals surface area contributed by atoms with Gasteiger partial charge in [-0.15, -0.1) is 0 Å². The lowest BCUT2D eigenvalue weighted by Crippen LogP contribution is -2.25. The van der Waals surface area contributed by atoms with Crippen LogP contribution in [0, 0.1) is 0 Å². The number of rotatable bonds is 3. The molecule has 0 fully saturated rings. The summed E-state index contributed by atoms with van der Waals surface area (Å²) in [5.74, 6) is -0.101. The van der Waals surface area contributed by atoms with E-state index < -0.39 is 0 Å². The van der Waals surface area contributed by atoms with Crippen LogP contribution in [0.4, 0.5) is 5.69 Å². The highest BCUT2D eigenvalue weighted by Gasteiger charge is 2.31. The van der Waals surface area contributed by atoms with Crippen LogP contribution in [0.1, 0.15) is 11.1 Å². The summed E-state index contributed by atoms with van der Waals surface area (Å²) in [6, 6.07) is 24.3. The second kappa shape index (κ2) is 7.25. The molecule has 0 spiro atoms. The van der Waals surface area contributed by atoms with Crippen LogP contribution >= 0.6 is 15.9 Å². The highest BCUT2D eigenvalue weighted by molar-refractivity contribution is 9.10. The van der Waals surface area contributed by atoms with E-state index in [1.54, 1.807) is 29.2 Å². The molecular weight excluding hydrogens is 402 g/mol. The first-order chi connectivity index (χ1) is 13.1. The molecule has 132 valence electrons. The molecule has 0 aliphatic carbocycles. The number of nitrogens with zero attached hydrogens (tertiary/aromatic N) is 1. The van der Waals surface area contributed by atoms with Crippen LogP contribution in [-0.2, 0) is 4.79 Å². The molecule has 0 saturated carbocycles. The van der Waals surface area contributed by atoms with Crippen molar-refractivity contribution in [2.24, 2.45) is 0 Å². The molecule has 1 aliphatic heterocycles. The van der Waals surface area contributed by atoms with Crippen molar-refractivity contribution in [3.63, 3.8) is 0 Å². The predicted octanol–water partition coefficient (Wildman–Crippen LogP) is 5.63. The van der Waals surface area contributed by atoms with Crippen LogP contribution in [-0.4, -0.2) is 11.0 Å². The predicted molar refractivity (Wildman–Crippen MR) is 112 cm³/mol. The monoisotopic (exact) mass is 417 g/mol. The van der Waals surface area contributed by atoms with Crippen molar-refractivity contribution >= 4 is 39.3 Å². The Hall–Kier alpha value is -3.11. The summed E-state index contributed by atoms with van der Waals surface area (Å²) in [7, 11) is 0. The van der Waals surface area contributed by atoms with Gasteiger partial charge in [0, 0.05) is 10.0 Å². The van der Waals surface area contributed by atoms with Gasteiger partial charge in [0.25, 0.3) is 5.91 Å². The molecule has 1 heterocycles. The smallest absolute Gasteiger partial charge is 0.263 e. The van der Waals surface area contributed by atoms with E-state index in [-0.39, 0.29) is 11.7 Å². The molecular formula is C23H16BrNO2. The number of para-hydroxylation sites is 2. The van der Waals surface area contributed by atoms with Crippen molar-refractivity contribution < 1.29 is 9.90 Å². The molecule has 27 heavy (non-hydrogen) atoms. The van der Waals surface area contributed by atoms with Crippen LogP contribution in [0.3, 0.4) is 0 Å². The van der Waals surface area contributed by atoms with E-state index in [9.17, 15) is 9.90 Å². The van der Waals surface area contributed by atoms with Gasteiger partial charge in [0.2, 0.25) is 0 Å². The zero-order chi connectivity index (χ0) is 18.8. The number of hydrogen-bond acceptors (Lipinski definition) is 2. The van der Waals surface area contributed by atoms with Crippen molar-refractivity contribution in [1.29, 1.82) is 0 Å². The minimum atomic E-state index is -0.168. The Kier molecular flexibility index (Phi) is 4.65. The lowest BCUT2D eigenvalue weighted by Gasteiger charge is -2.21. The number of carbonyl (C=O) groups is 1. The summed E-state index contributed by atoms with van der Waals surface area (Å²) in [5, 5.41) is 10.3. The highest BCUT2D eigenvalue weighted by Crippen LogP contribution is 2.39. The van der Waals surface area contributed by atoms with Crippen LogP contribution < -0.4 is 4.90 Å². The van der Waals surface area contributed by atoms with Crippen LogP contribution in [0.15, 0.2) is 95.0 Å². The first kappa shape index (κ1) is 17.3. The molecule has 4 rings (SSSR count). The quantitative estimate of drug-likeness (QED) is 0.561. The third-order valence-corrected chi connectivity index (χ3v) is 4.90. The molecule has 4 heteroatoms. The van der Waals surface area contributed by atoms with Gasteiger partial charge in [-0.05, 0) is 47.5 Å². The topological polar surface area (TPSA) is 40.5 Å². The number of amides is 1. The summed E-state index contributed by atoms with van der Waals surface area (Å²) < 4.78 is 0.985. The van der Waals surface area contributed by atoms with Crippen molar-refractivity contribution in [3.05, 3.63) is 106 Å². The van der Waals surface area contributed by atoms with E-state index in [4.69, 9.17) is 0 Å². The Balaban J connectivity index is 1.84. The molecule has 1 N–H and O–H groups in total. The lowest BCUT2D eigenvalue weighted by molar-refractivity contribution is -0.113. The molecule has 0 saturated heterocycles. The molecule has 1 amide bonds. The molecule has 0 aromatic heterocycles. The minimum absolute atomic E-state index is 0.0672. The minimum Gasteiger partial charge on any atom is -0.506 e. The third-order valence-electron chi connectivity index (χ3n) is 4.37. The van der Waals surface area contributed by atoms with Crippen molar-refractivity contribution in [2.75, 3.05) is 4.90 Å². The fraction of sp³-hybridized carbons (Fsp3) is 0. The Bertz CT molecular complexity index is 1050. The maximum Gasteiger partial charge on any atom is 0.263 e. The first-order valence-electron chi connectivity index (χ1n) is 8.50. The molecule has 0 radical (unpaired) electrons. The average Bonchev–Trinajstić information content (AvgIpc) is 3.01. The van der Waals surface area contributed by atoms with E-state index in [2.05, 4.69) is 15.9 Å². The van der Waals surface area contributed by atoms with Crippen LogP contribution in [0.5, 0.6) is 5.75 Å². The van der Waals surface area contributed by atoms with Gasteiger partial charge in [-0.25, -0.2) is 0 Å². The number of phenolic OH excluding ortho intramolecular Hbond substituents is 1. The molecule has 0 atom stereocenters. The summed E-state index contributed by atoms with van der Waals surface area (Å²) in [4.78, 5) is 14.8. The largest absolute Gasteiger partial charge is 0.506 e. The van der Waals surface area contributed by atoms with Crippen LogP contribution in [0.2, 0.25) is 0 Å². The van der Waals surface area contributed by atoms with E-state index in [1.807, 2.05) is 66.7 Å². The summed E-state index contributed by atoms with van der Waals surface area (Å²) in [5.41, 5.74) is 3.62. The van der Waals surface area contributed by atoms with Crippen LogP contribution in [0.25, 0.3) is 11.8 Å². The van der Waals surface area contributed by atoms with Crippen molar-refractivity contribution in [3.8, 4) is 5.75 Å². The highest BCUT2D eigenvalue weighted by atomic mass is 79.9. The zero-order valence-corrected chi connectivity index (χ0v) is 15.9. The Morgan fingerprint density at radius 3 is 2.22 bits per heavy atom. The van der Waals surface area contributed by atoms with E-state index in [1.165, 1.54) is 0 Å². The zero-order valence-electron chi connectivity index (χ0n) is 14.3. The molecule has 1 aliphatic rings. The number of benzene rings is 3. The number of phenols is 1. The molecule has 3 aromatic carbocycles. The normalized spacial score (nSPS) is 15.3. The Labute approximate surface area is 166 Å². The van der Waals surface area contributed by atoms with Gasteiger partial charge in [0.05, 0.1) is 11.4 Å². The summed E-state index contributed by atoms with van der Waals surface area (Å²) in [6.07, 6.45) is 3.73. The summed E-state index contributed by atoms with van der Waals surface area (Å²) >= 11 is 3.42. The standard InChI is InChI=1S/C23H16BrNO2/c24-19-12-10-16(11-13-19)14-18-15-21(17-6-2-1-3-7-17)25(23(18)27)20-8-4-5-9-22(20)26/h1-15,26H. The maximum absolute atomic E-state index is 13.2. The lowest BCUT2D eigenvalue weighted by atomic mass is 10.1. The molecule has 0 unspecified atom stereocenters. The number of anilines is 1. The number of carbonyl (C=O) groups excluding carboxylic acids is 1. The van der Waals surface area contributed by atoms with Gasteiger partial charge in [-0.2, -0.15) is 0 Å². The first-order valence-corrected chi connectivity index (χ1v) is 9.29. The Morgan fingerprint density at radius 2 is 1.52 bits per heavy atom. The van der Waals surface area contributed by atoms with E-state index in [0.29, 0.717) is 11.3 Å². The van der Waals surface area contributed by atoms with Gasteiger partial charge < -0.3 is 5.11 Å². The maximum atomic E-state index is 13.2. The number of hydrogen-bond donors (Lipinski definition) is 1. The van der Waals surface area contributed by atoms with Crippen molar-refractivity contribution in [1.82, 2.24) is 0 Å². The number of aromatic hydroxyl groups is 1. The molecule has 0 bridgehead atoms. The fourth-order valence-electron chi connectivity index (χ4n) is 3.07. The van der Waals surface area contributed by atoms with Gasteiger partial charge in [0.15, 0.2) is 0 Å². The SMILES string of the molecule is O=C1C(=Cc2ccc(Br)cc2)C=C(c2ccccc2)N1c1ccccc1O. The van der Waals surface area contributed by atoms with E-state index in [0.717, 1.165) is 21.3 Å². The second-order valence-corrected chi connectivity index (χ2v) is 7.09. The fourth-order valence-corrected chi connectivity index (χ4v) is 3.33. The summed E-state index contributed by atoms with van der Waals surface area (Å²) in [6.45, 7) is 0.